The number of carbonyl (C=O) groups is 2. The topological polar surface area (TPSA) is 55.4 Å². The van der Waals surface area contributed by atoms with Gasteiger partial charge in [-0.15, -0.1) is 0 Å². The molecule has 1 aliphatic rings. The summed E-state index contributed by atoms with van der Waals surface area (Å²) in [7, 11) is 0. The third-order valence-electron chi connectivity index (χ3n) is 5.52. The van der Waals surface area contributed by atoms with Crippen LogP contribution in [0.15, 0.2) is 0 Å². The van der Waals surface area contributed by atoms with Gasteiger partial charge >= 0.3 is 5.97 Å². The molecule has 1 heterocycles. The molecule has 1 rings (SSSR count). The van der Waals surface area contributed by atoms with Gasteiger partial charge in [0.05, 0.1) is 6.61 Å². The highest BCUT2D eigenvalue weighted by atomic mass is 16.5. The largest absolute Gasteiger partial charge is 0.464 e. The molecule has 1 amide bonds. The number of rotatable bonds is 18. The minimum absolute atomic E-state index is 0.0423. The van der Waals surface area contributed by atoms with E-state index in [2.05, 4.69) is 12.2 Å². The second-order valence-electron chi connectivity index (χ2n) is 8.13. The van der Waals surface area contributed by atoms with Crippen molar-refractivity contribution < 1.29 is 14.3 Å². The van der Waals surface area contributed by atoms with Gasteiger partial charge < -0.3 is 10.1 Å². The molecule has 1 N–H and O–H groups in total. The smallest absolute Gasteiger partial charge is 0.328 e. The summed E-state index contributed by atoms with van der Waals surface area (Å²) >= 11 is 0. The molecule has 1 unspecified atom stereocenters. The van der Waals surface area contributed by atoms with Crippen LogP contribution in [0.4, 0.5) is 0 Å². The summed E-state index contributed by atoms with van der Waals surface area (Å²) in [6.45, 7) is 2.76. The van der Waals surface area contributed by atoms with Gasteiger partial charge in [0.25, 0.3) is 0 Å². The summed E-state index contributed by atoms with van der Waals surface area (Å²) in [5.74, 6) is -0.304. The fraction of sp³-hybridized carbons (Fsp3) is 0.913. The maximum atomic E-state index is 11.7. The molecule has 158 valence electrons. The van der Waals surface area contributed by atoms with Gasteiger partial charge in [0.1, 0.15) is 6.04 Å². The van der Waals surface area contributed by atoms with E-state index >= 15 is 0 Å². The molecule has 0 aromatic rings. The second-order valence-corrected chi connectivity index (χ2v) is 8.13. The predicted octanol–water partition coefficient (Wildman–Crippen LogP) is 6.07. The van der Waals surface area contributed by atoms with E-state index in [1.54, 1.807) is 0 Å². The zero-order valence-corrected chi connectivity index (χ0v) is 17.7. The van der Waals surface area contributed by atoms with Crippen molar-refractivity contribution in [2.45, 2.75) is 129 Å². The van der Waals surface area contributed by atoms with E-state index in [0.717, 1.165) is 12.8 Å². The maximum absolute atomic E-state index is 11.7. The Kier molecular flexibility index (Phi) is 15.2. The molecule has 0 spiro atoms. The summed E-state index contributed by atoms with van der Waals surface area (Å²) in [5, 5.41) is 2.65. The monoisotopic (exact) mass is 381 g/mol. The number of nitrogens with one attached hydrogen (secondary N) is 1. The minimum Gasteiger partial charge on any atom is -0.464 e. The molecule has 1 aliphatic heterocycles. The minimum atomic E-state index is -0.404. The SMILES string of the molecule is CCCCCCCCCCCCCCCCCCOC(=O)C1CCC(=O)N1. The molecule has 0 bridgehead atoms. The number of amides is 1. The third-order valence-corrected chi connectivity index (χ3v) is 5.52. The van der Waals surface area contributed by atoms with Crippen molar-refractivity contribution >= 4 is 11.9 Å². The third kappa shape index (κ3) is 13.7. The van der Waals surface area contributed by atoms with Gasteiger partial charge in [-0.1, -0.05) is 103 Å². The van der Waals surface area contributed by atoms with Crippen molar-refractivity contribution in [1.29, 1.82) is 0 Å². The van der Waals surface area contributed by atoms with Crippen molar-refractivity contribution in [1.82, 2.24) is 5.32 Å². The Balaban J connectivity index is 1.72. The van der Waals surface area contributed by atoms with E-state index in [0.29, 0.717) is 19.4 Å². The Hall–Kier alpha value is -1.06. The van der Waals surface area contributed by atoms with Gasteiger partial charge in [0.2, 0.25) is 5.91 Å². The van der Waals surface area contributed by atoms with E-state index < -0.39 is 6.04 Å². The summed E-state index contributed by atoms with van der Waals surface area (Å²) in [4.78, 5) is 22.8. The van der Waals surface area contributed by atoms with E-state index in [1.165, 1.54) is 89.9 Å². The molecule has 4 heteroatoms. The van der Waals surface area contributed by atoms with Gasteiger partial charge in [0.15, 0.2) is 0 Å². The summed E-state index contributed by atoms with van der Waals surface area (Å²) < 4.78 is 5.24. The molecule has 0 saturated carbocycles. The van der Waals surface area contributed by atoms with Crippen LogP contribution in [0.25, 0.3) is 0 Å². The number of carbonyl (C=O) groups excluding carboxylic acids is 2. The van der Waals surface area contributed by atoms with E-state index in [1.807, 2.05) is 0 Å². The Labute approximate surface area is 167 Å². The second kappa shape index (κ2) is 17.1. The Morgan fingerprint density at radius 2 is 1.26 bits per heavy atom. The molecule has 1 fully saturated rings. The van der Waals surface area contributed by atoms with Crippen LogP contribution in [0.5, 0.6) is 0 Å². The molecular weight excluding hydrogens is 338 g/mol. The highest BCUT2D eigenvalue weighted by molar-refractivity contribution is 5.87. The van der Waals surface area contributed by atoms with Crippen molar-refractivity contribution in [3.05, 3.63) is 0 Å². The number of hydrogen-bond donors (Lipinski definition) is 1. The van der Waals surface area contributed by atoms with Crippen molar-refractivity contribution in [3.63, 3.8) is 0 Å². The first kappa shape index (κ1) is 24.0. The van der Waals surface area contributed by atoms with Crippen molar-refractivity contribution in [2.75, 3.05) is 6.61 Å². The lowest BCUT2D eigenvalue weighted by Crippen LogP contribution is -2.34. The van der Waals surface area contributed by atoms with Gasteiger partial charge in [-0.25, -0.2) is 4.79 Å². The number of unbranched alkanes of at least 4 members (excludes halogenated alkanes) is 15. The number of esters is 1. The molecular formula is C23H43NO3. The lowest BCUT2D eigenvalue weighted by molar-refractivity contribution is -0.146. The van der Waals surface area contributed by atoms with Crippen LogP contribution in [0, 0.1) is 0 Å². The quantitative estimate of drug-likeness (QED) is 0.231. The zero-order chi connectivity index (χ0) is 19.6. The Morgan fingerprint density at radius 3 is 1.67 bits per heavy atom. The van der Waals surface area contributed by atoms with Gasteiger partial charge in [0, 0.05) is 6.42 Å². The highest BCUT2D eigenvalue weighted by Crippen LogP contribution is 2.14. The van der Waals surface area contributed by atoms with E-state index in [9.17, 15) is 9.59 Å². The normalized spacial score (nSPS) is 16.5. The zero-order valence-electron chi connectivity index (χ0n) is 17.7. The predicted molar refractivity (Wildman–Crippen MR) is 112 cm³/mol. The van der Waals surface area contributed by atoms with Crippen LogP contribution >= 0.6 is 0 Å². The van der Waals surface area contributed by atoms with Gasteiger partial charge in [-0.05, 0) is 12.8 Å². The maximum Gasteiger partial charge on any atom is 0.328 e. The molecule has 27 heavy (non-hydrogen) atoms. The Morgan fingerprint density at radius 1 is 0.815 bits per heavy atom. The standard InChI is InChI=1S/C23H43NO3/c1-2-3-4-5-6-7-8-9-10-11-12-13-14-15-16-17-20-27-23(26)21-18-19-22(25)24-21/h21H,2-20H2,1H3,(H,24,25). The average Bonchev–Trinajstić information content (AvgIpc) is 3.10. The molecule has 0 aromatic carbocycles. The van der Waals surface area contributed by atoms with Crippen LogP contribution in [0.2, 0.25) is 0 Å². The van der Waals surface area contributed by atoms with Crippen molar-refractivity contribution in [3.8, 4) is 0 Å². The molecule has 0 radical (unpaired) electrons. The Bertz CT molecular complexity index is 384. The fourth-order valence-corrected chi connectivity index (χ4v) is 3.71. The van der Waals surface area contributed by atoms with Crippen molar-refractivity contribution in [2.24, 2.45) is 0 Å². The van der Waals surface area contributed by atoms with Gasteiger partial charge in [-0.2, -0.15) is 0 Å². The van der Waals surface area contributed by atoms with Crippen LogP contribution in [0.1, 0.15) is 122 Å². The van der Waals surface area contributed by atoms with Crippen LogP contribution in [-0.2, 0) is 14.3 Å². The summed E-state index contributed by atoms with van der Waals surface area (Å²) in [6, 6.07) is -0.404. The lowest BCUT2D eigenvalue weighted by Gasteiger charge is -2.09. The van der Waals surface area contributed by atoms with E-state index in [4.69, 9.17) is 4.74 Å². The first-order valence-corrected chi connectivity index (χ1v) is 11.7. The molecule has 0 aliphatic carbocycles. The first-order chi connectivity index (χ1) is 13.2. The fourth-order valence-electron chi connectivity index (χ4n) is 3.71. The molecule has 1 atom stereocenters. The molecule has 1 saturated heterocycles. The highest BCUT2D eigenvalue weighted by Gasteiger charge is 2.28. The number of ether oxygens (including phenoxy) is 1. The van der Waals surface area contributed by atoms with Crippen LogP contribution in [-0.4, -0.2) is 24.5 Å². The van der Waals surface area contributed by atoms with Gasteiger partial charge in [-0.3, -0.25) is 4.79 Å². The average molecular weight is 382 g/mol. The van der Waals surface area contributed by atoms with Crippen LogP contribution < -0.4 is 5.32 Å². The molecule has 0 aromatic heterocycles. The lowest BCUT2D eigenvalue weighted by atomic mass is 10.0. The first-order valence-electron chi connectivity index (χ1n) is 11.7. The number of hydrogen-bond acceptors (Lipinski definition) is 3. The van der Waals surface area contributed by atoms with Crippen LogP contribution in [0.3, 0.4) is 0 Å². The molecule has 4 nitrogen and oxygen atoms in total. The van der Waals surface area contributed by atoms with E-state index in [-0.39, 0.29) is 11.9 Å². The summed E-state index contributed by atoms with van der Waals surface area (Å²) in [6.07, 6.45) is 22.4. The summed E-state index contributed by atoms with van der Waals surface area (Å²) in [5.41, 5.74) is 0.